The average molecular weight is 621 g/mol. The van der Waals surface area contributed by atoms with Crippen LogP contribution in [0.25, 0.3) is 20.8 Å². The summed E-state index contributed by atoms with van der Waals surface area (Å²) in [6.45, 7) is 6.49. The number of aromatic nitrogens is 1. The Labute approximate surface area is 245 Å². The molecule has 5 heterocycles. The summed E-state index contributed by atoms with van der Waals surface area (Å²) in [4.78, 5) is 22.5. The molecular weight excluding hydrogens is 592 g/mol. The molecule has 0 aliphatic carbocycles. The van der Waals surface area contributed by atoms with Crippen LogP contribution in [0.1, 0.15) is 43.6 Å². The highest BCUT2D eigenvalue weighted by molar-refractivity contribution is 7.91. The van der Waals surface area contributed by atoms with Crippen molar-refractivity contribution in [1.29, 1.82) is 0 Å². The highest BCUT2D eigenvalue weighted by Crippen LogP contribution is 2.46. The number of carbonyl (C=O) groups is 1. The number of nitrogens with one attached hydrogen (secondary N) is 1. The summed E-state index contributed by atoms with van der Waals surface area (Å²) in [6, 6.07) is 10.8. The van der Waals surface area contributed by atoms with E-state index < -0.39 is 16.1 Å². The Balaban J connectivity index is 1.36. The molecule has 0 bridgehead atoms. The zero-order valence-electron chi connectivity index (χ0n) is 21.6. The summed E-state index contributed by atoms with van der Waals surface area (Å²) in [5.41, 5.74) is 3.17. The summed E-state index contributed by atoms with van der Waals surface area (Å²) in [5, 5.41) is 4.83. The molecule has 1 N–H and O–H groups in total. The maximum Gasteiger partial charge on any atom is 0.253 e. The Morgan fingerprint density at radius 1 is 1.10 bits per heavy atom. The molecule has 0 spiro atoms. The van der Waals surface area contributed by atoms with Gasteiger partial charge in [0.2, 0.25) is 5.91 Å². The van der Waals surface area contributed by atoms with Gasteiger partial charge in [0.15, 0.2) is 0 Å². The van der Waals surface area contributed by atoms with Crippen molar-refractivity contribution in [2.75, 3.05) is 18.4 Å². The second-order valence-corrected chi connectivity index (χ2v) is 16.2. The van der Waals surface area contributed by atoms with E-state index in [4.69, 9.17) is 16.6 Å². The fourth-order valence-electron chi connectivity index (χ4n) is 5.36. The van der Waals surface area contributed by atoms with Gasteiger partial charge in [-0.1, -0.05) is 30.2 Å². The Morgan fingerprint density at radius 2 is 1.92 bits per heavy atom. The molecule has 0 radical (unpaired) electrons. The van der Waals surface area contributed by atoms with E-state index in [0.717, 1.165) is 69.5 Å². The summed E-state index contributed by atoms with van der Waals surface area (Å²) in [6.07, 6.45) is 2.88. The molecule has 1 atom stereocenters. The van der Waals surface area contributed by atoms with Crippen LogP contribution in [0.5, 0.6) is 0 Å². The number of hydrogen-bond donors (Lipinski definition) is 1. The van der Waals surface area contributed by atoms with E-state index >= 15 is 0 Å². The van der Waals surface area contributed by atoms with Crippen molar-refractivity contribution in [3.63, 3.8) is 0 Å². The number of amides is 1. The summed E-state index contributed by atoms with van der Waals surface area (Å²) < 4.78 is 30.0. The third-order valence-electron chi connectivity index (χ3n) is 7.43. The summed E-state index contributed by atoms with van der Waals surface area (Å²) in [5.74, 6) is -0.289. The smallest absolute Gasteiger partial charge is 0.253 e. The monoisotopic (exact) mass is 620 g/mol. The first kappa shape index (κ1) is 27.3. The molecule has 3 aromatic heterocycles. The van der Waals surface area contributed by atoms with Crippen LogP contribution in [0.3, 0.4) is 0 Å². The first-order valence-corrected chi connectivity index (χ1v) is 17.3. The van der Waals surface area contributed by atoms with Gasteiger partial charge in [0.05, 0.1) is 14.6 Å². The maximum absolute atomic E-state index is 13.8. The zero-order chi connectivity index (χ0) is 27.3. The van der Waals surface area contributed by atoms with Crippen LogP contribution in [-0.4, -0.2) is 53.7 Å². The second-order valence-electron chi connectivity index (χ2n) is 10.2. The molecule has 0 saturated carbocycles. The molecule has 39 heavy (non-hydrogen) atoms. The highest BCUT2D eigenvalue weighted by atomic mass is 35.5. The minimum atomic E-state index is -3.83. The number of anilines is 1. The van der Waals surface area contributed by atoms with Gasteiger partial charge < -0.3 is 5.32 Å². The van der Waals surface area contributed by atoms with Crippen molar-refractivity contribution in [3.05, 3.63) is 51.2 Å². The van der Waals surface area contributed by atoms with Gasteiger partial charge in [-0.05, 0) is 62.9 Å². The van der Waals surface area contributed by atoms with Crippen LogP contribution in [0.4, 0.5) is 5.00 Å². The molecule has 1 unspecified atom stereocenters. The number of halogens is 1. The molecule has 7 nitrogen and oxygen atoms in total. The van der Waals surface area contributed by atoms with Crippen molar-refractivity contribution in [3.8, 4) is 10.6 Å². The lowest BCUT2D eigenvalue weighted by Crippen LogP contribution is -2.49. The van der Waals surface area contributed by atoms with Gasteiger partial charge in [-0.2, -0.15) is 4.31 Å². The van der Waals surface area contributed by atoms with Crippen LogP contribution >= 0.6 is 45.6 Å². The lowest BCUT2D eigenvalue weighted by molar-refractivity contribution is -0.120. The van der Waals surface area contributed by atoms with Crippen molar-refractivity contribution in [2.45, 2.75) is 62.4 Å². The van der Waals surface area contributed by atoms with E-state index in [2.05, 4.69) is 30.1 Å². The number of rotatable bonds is 6. The fraction of sp³-hybridized carbons (Fsp3) is 0.407. The van der Waals surface area contributed by atoms with Gasteiger partial charge in [0.1, 0.15) is 20.3 Å². The molecule has 4 aromatic rings. The number of piperidine rings is 1. The highest BCUT2D eigenvalue weighted by Gasteiger charge is 2.39. The second kappa shape index (κ2) is 10.8. The predicted octanol–water partition coefficient (Wildman–Crippen LogP) is 6.69. The first-order valence-electron chi connectivity index (χ1n) is 13.0. The number of carbonyl (C=O) groups excluding carboxylic acids is 1. The van der Waals surface area contributed by atoms with E-state index in [1.165, 1.54) is 20.8 Å². The van der Waals surface area contributed by atoms with Crippen molar-refractivity contribution in [1.82, 2.24) is 14.2 Å². The quantitative estimate of drug-likeness (QED) is 0.260. The average Bonchev–Trinajstić information content (AvgIpc) is 3.64. The maximum atomic E-state index is 13.8. The molecule has 1 aromatic carbocycles. The molecule has 12 heteroatoms. The van der Waals surface area contributed by atoms with Gasteiger partial charge in [0, 0.05) is 36.1 Å². The topological polar surface area (TPSA) is 82.6 Å². The van der Waals surface area contributed by atoms with Crippen LogP contribution in [0.2, 0.25) is 4.34 Å². The number of sulfonamides is 1. The molecule has 206 valence electrons. The number of thiazole rings is 1. The van der Waals surface area contributed by atoms with E-state index in [0.29, 0.717) is 23.3 Å². The minimum absolute atomic E-state index is 0.169. The van der Waals surface area contributed by atoms with Crippen LogP contribution in [0.15, 0.2) is 40.6 Å². The predicted molar refractivity (Wildman–Crippen MR) is 162 cm³/mol. The van der Waals surface area contributed by atoms with Gasteiger partial charge >= 0.3 is 0 Å². The third-order valence-corrected chi connectivity index (χ3v) is 13.2. The van der Waals surface area contributed by atoms with Gasteiger partial charge in [-0.25, -0.2) is 13.4 Å². The molecule has 1 fully saturated rings. The number of hydrogen-bond acceptors (Lipinski definition) is 8. The number of benzene rings is 1. The Bertz CT molecular complexity index is 1610. The molecule has 2 aliphatic heterocycles. The summed E-state index contributed by atoms with van der Waals surface area (Å²) >= 11 is 10.3. The normalized spacial score (nSPS) is 19.0. The summed E-state index contributed by atoms with van der Waals surface area (Å²) in [7, 11) is -3.83. The van der Waals surface area contributed by atoms with Gasteiger partial charge in [0.25, 0.3) is 10.0 Å². The lowest BCUT2D eigenvalue weighted by atomic mass is 10.0. The largest absolute Gasteiger partial charge is 0.316 e. The van der Waals surface area contributed by atoms with Gasteiger partial charge in [-0.15, -0.1) is 34.0 Å². The van der Waals surface area contributed by atoms with Crippen LogP contribution in [-0.2, 0) is 27.8 Å². The first-order chi connectivity index (χ1) is 18.7. The van der Waals surface area contributed by atoms with Crippen LogP contribution < -0.4 is 5.32 Å². The molecular formula is C27H29ClN4O3S4. The number of thiophene rings is 2. The van der Waals surface area contributed by atoms with Crippen molar-refractivity contribution >= 4 is 76.8 Å². The number of nitrogens with zero attached hydrogens (tertiary/aromatic N) is 3. The lowest BCUT2D eigenvalue weighted by Gasteiger charge is -2.33. The van der Waals surface area contributed by atoms with Crippen molar-refractivity contribution in [2.24, 2.45) is 0 Å². The molecule has 1 amide bonds. The molecule has 1 saturated heterocycles. The number of para-hydroxylation sites is 1. The Hall–Kier alpha value is -1.86. The third kappa shape index (κ3) is 5.18. The Kier molecular flexibility index (Phi) is 7.60. The fourth-order valence-corrected chi connectivity index (χ4v) is 11.0. The van der Waals surface area contributed by atoms with E-state index in [9.17, 15) is 13.2 Å². The zero-order valence-corrected chi connectivity index (χ0v) is 25.7. The Morgan fingerprint density at radius 3 is 2.67 bits per heavy atom. The van der Waals surface area contributed by atoms with Gasteiger partial charge in [-0.3, -0.25) is 9.69 Å². The van der Waals surface area contributed by atoms with E-state index in [-0.39, 0.29) is 10.1 Å². The van der Waals surface area contributed by atoms with E-state index in [1.807, 2.05) is 18.2 Å². The van der Waals surface area contributed by atoms with Crippen molar-refractivity contribution < 1.29 is 13.2 Å². The van der Waals surface area contributed by atoms with E-state index in [1.54, 1.807) is 28.7 Å². The SMILES string of the molecule is CC(C)N1CCc2c(sc(NC(=O)C3CCCCN3S(=O)(=O)c3ccc(Cl)s3)c2-c2nc3ccccc3s2)C1. The standard InChI is InChI=1S/C27H29ClN4O3S4/c1-16(2)31-14-12-17-21(15-31)37-27(24(17)26-29-18-7-3-4-9-20(18)36-26)30-25(33)19-8-5-6-13-32(19)39(34,35)23-11-10-22(28)38-23/h3-4,7,9-11,16,19H,5-6,8,12-15H2,1-2H3,(H,30,33). The van der Waals surface area contributed by atoms with Crippen LogP contribution in [0, 0.1) is 0 Å². The number of fused-ring (bicyclic) bond motifs is 2. The molecule has 6 rings (SSSR count). The molecule has 2 aliphatic rings. The minimum Gasteiger partial charge on any atom is -0.316 e.